The maximum atomic E-state index is 13.8. The number of nitrogens with one attached hydrogen (secondary N) is 1. The second-order valence-electron chi connectivity index (χ2n) is 5.61. The van der Waals surface area contributed by atoms with Gasteiger partial charge in [0.25, 0.3) is 0 Å². The van der Waals surface area contributed by atoms with E-state index in [9.17, 15) is 9.18 Å². The average molecular weight is 331 g/mol. The number of amides is 2. The van der Waals surface area contributed by atoms with E-state index >= 15 is 0 Å². The molecule has 2 amide bonds. The third-order valence-electron chi connectivity index (χ3n) is 4.03. The minimum atomic E-state index is -0.452. The molecule has 2 rings (SSSR count). The molecule has 0 fully saturated rings. The number of urea groups is 1. The van der Waals surface area contributed by atoms with Crippen LogP contribution in [-0.4, -0.2) is 30.1 Å². The van der Waals surface area contributed by atoms with Crippen LogP contribution in [0.1, 0.15) is 37.2 Å². The zero-order chi connectivity index (χ0) is 17.7. The topological polar surface area (TPSA) is 54.5 Å². The predicted molar refractivity (Wildman–Crippen MR) is 90.3 cm³/mol. The van der Waals surface area contributed by atoms with E-state index in [0.29, 0.717) is 5.56 Å². The summed E-state index contributed by atoms with van der Waals surface area (Å²) in [5.41, 5.74) is 1.47. The first-order valence-electron chi connectivity index (χ1n) is 7.71. The number of ether oxygens (including phenoxy) is 1. The molecule has 0 aliphatic heterocycles. The van der Waals surface area contributed by atoms with Crippen LogP contribution in [0.5, 0.6) is 5.75 Å². The van der Waals surface area contributed by atoms with Crippen LogP contribution in [0, 0.1) is 5.82 Å². The molecule has 2 atom stereocenters. The number of rotatable bonds is 5. The zero-order valence-electron chi connectivity index (χ0n) is 14.3. The smallest absolute Gasteiger partial charge is 0.318 e. The Hall–Kier alpha value is -2.63. The maximum absolute atomic E-state index is 13.8. The highest BCUT2D eigenvalue weighted by molar-refractivity contribution is 5.74. The average Bonchev–Trinajstić information content (AvgIpc) is 2.60. The van der Waals surface area contributed by atoms with Crippen LogP contribution >= 0.6 is 0 Å². The van der Waals surface area contributed by atoms with E-state index in [1.54, 1.807) is 37.2 Å². The Kier molecular flexibility index (Phi) is 5.73. The third-order valence-corrected chi connectivity index (χ3v) is 4.03. The summed E-state index contributed by atoms with van der Waals surface area (Å²) in [5.74, 6) is -0.274. The molecular weight excluding hydrogens is 309 g/mol. The molecule has 2 aromatic rings. The van der Waals surface area contributed by atoms with Crippen LogP contribution in [0.4, 0.5) is 9.18 Å². The van der Waals surface area contributed by atoms with Crippen molar-refractivity contribution in [2.75, 3.05) is 14.2 Å². The van der Waals surface area contributed by atoms with E-state index in [0.717, 1.165) is 5.69 Å². The van der Waals surface area contributed by atoms with Crippen LogP contribution in [0.25, 0.3) is 0 Å². The number of hydrogen-bond acceptors (Lipinski definition) is 3. The lowest BCUT2D eigenvalue weighted by Crippen LogP contribution is -2.40. The summed E-state index contributed by atoms with van der Waals surface area (Å²) in [7, 11) is 3.12. The Balaban J connectivity index is 2.04. The van der Waals surface area contributed by atoms with Gasteiger partial charge in [0.15, 0.2) is 11.6 Å². The van der Waals surface area contributed by atoms with Gasteiger partial charge in [-0.25, -0.2) is 9.18 Å². The van der Waals surface area contributed by atoms with Gasteiger partial charge in [-0.1, -0.05) is 12.1 Å². The molecule has 0 spiro atoms. The second-order valence-corrected chi connectivity index (χ2v) is 5.61. The summed E-state index contributed by atoms with van der Waals surface area (Å²) in [6.07, 6.45) is 1.69. The summed E-state index contributed by atoms with van der Waals surface area (Å²) >= 11 is 0. The standard InChI is InChI=1S/C18H22FN3O2/c1-12(14-8-9-17(24-4)15(19)11-14)21-18(23)22(3)13(2)16-7-5-6-10-20-16/h5-13H,1-4H3,(H,21,23). The molecule has 128 valence electrons. The zero-order valence-corrected chi connectivity index (χ0v) is 14.3. The van der Waals surface area contributed by atoms with E-state index < -0.39 is 5.82 Å². The number of pyridine rings is 1. The number of methoxy groups -OCH3 is 1. The number of hydrogen-bond donors (Lipinski definition) is 1. The Morgan fingerprint density at radius 1 is 1.29 bits per heavy atom. The predicted octanol–water partition coefficient (Wildman–Crippen LogP) is 3.69. The van der Waals surface area contributed by atoms with Crippen molar-refractivity contribution in [1.29, 1.82) is 0 Å². The maximum Gasteiger partial charge on any atom is 0.318 e. The normalized spacial score (nSPS) is 13.0. The fraction of sp³-hybridized carbons (Fsp3) is 0.333. The minimum Gasteiger partial charge on any atom is -0.494 e. The quantitative estimate of drug-likeness (QED) is 0.909. The lowest BCUT2D eigenvalue weighted by Gasteiger charge is -2.26. The van der Waals surface area contributed by atoms with Gasteiger partial charge in [0.05, 0.1) is 24.9 Å². The van der Waals surface area contributed by atoms with Crippen molar-refractivity contribution < 1.29 is 13.9 Å². The van der Waals surface area contributed by atoms with E-state index in [1.165, 1.54) is 13.2 Å². The van der Waals surface area contributed by atoms with Gasteiger partial charge in [-0.15, -0.1) is 0 Å². The first-order chi connectivity index (χ1) is 11.4. The van der Waals surface area contributed by atoms with Crippen molar-refractivity contribution in [2.45, 2.75) is 25.9 Å². The van der Waals surface area contributed by atoms with Gasteiger partial charge in [0, 0.05) is 13.2 Å². The van der Waals surface area contributed by atoms with Gasteiger partial charge in [-0.3, -0.25) is 4.98 Å². The van der Waals surface area contributed by atoms with E-state index in [2.05, 4.69) is 10.3 Å². The van der Waals surface area contributed by atoms with E-state index in [4.69, 9.17) is 4.74 Å². The minimum absolute atomic E-state index is 0.175. The number of benzene rings is 1. The Labute approximate surface area is 141 Å². The lowest BCUT2D eigenvalue weighted by atomic mass is 10.1. The Bertz CT molecular complexity index is 694. The number of nitrogens with zero attached hydrogens (tertiary/aromatic N) is 2. The number of aromatic nitrogens is 1. The lowest BCUT2D eigenvalue weighted by molar-refractivity contribution is 0.190. The molecule has 0 aliphatic rings. The van der Waals surface area contributed by atoms with Crippen molar-refractivity contribution in [3.8, 4) is 5.75 Å². The van der Waals surface area contributed by atoms with E-state index in [1.807, 2.05) is 25.1 Å². The first-order valence-corrected chi connectivity index (χ1v) is 7.71. The molecule has 5 nitrogen and oxygen atoms in total. The molecule has 1 heterocycles. The third kappa shape index (κ3) is 4.01. The summed E-state index contributed by atoms with van der Waals surface area (Å²) in [6, 6.07) is 9.47. The van der Waals surface area contributed by atoms with Gasteiger partial charge in [-0.05, 0) is 43.7 Å². The van der Waals surface area contributed by atoms with Crippen molar-refractivity contribution >= 4 is 6.03 Å². The Morgan fingerprint density at radius 3 is 2.62 bits per heavy atom. The molecule has 24 heavy (non-hydrogen) atoms. The number of carbonyl (C=O) groups is 1. The fourth-order valence-corrected chi connectivity index (χ4v) is 2.32. The molecule has 1 aromatic heterocycles. The molecule has 0 bridgehead atoms. The van der Waals surface area contributed by atoms with Crippen LogP contribution in [0.2, 0.25) is 0 Å². The second kappa shape index (κ2) is 7.77. The van der Waals surface area contributed by atoms with Gasteiger partial charge in [-0.2, -0.15) is 0 Å². The molecule has 0 radical (unpaired) electrons. The fourth-order valence-electron chi connectivity index (χ4n) is 2.32. The summed E-state index contributed by atoms with van der Waals surface area (Å²) in [4.78, 5) is 18.3. The SMILES string of the molecule is COc1ccc(C(C)NC(=O)N(C)C(C)c2ccccn2)cc1F. The molecule has 6 heteroatoms. The van der Waals surface area contributed by atoms with E-state index in [-0.39, 0.29) is 23.9 Å². The largest absolute Gasteiger partial charge is 0.494 e. The highest BCUT2D eigenvalue weighted by Crippen LogP contribution is 2.22. The highest BCUT2D eigenvalue weighted by Gasteiger charge is 2.20. The number of halogens is 1. The van der Waals surface area contributed by atoms with Gasteiger partial charge in [0.2, 0.25) is 0 Å². The highest BCUT2D eigenvalue weighted by atomic mass is 19.1. The summed E-state index contributed by atoms with van der Waals surface area (Å²) in [6.45, 7) is 3.71. The van der Waals surface area contributed by atoms with Crippen molar-refractivity contribution in [3.63, 3.8) is 0 Å². The van der Waals surface area contributed by atoms with Crippen molar-refractivity contribution in [1.82, 2.24) is 15.2 Å². The molecule has 1 N–H and O–H groups in total. The van der Waals surface area contributed by atoms with Gasteiger partial charge >= 0.3 is 6.03 Å². The van der Waals surface area contributed by atoms with Crippen molar-refractivity contribution in [3.05, 3.63) is 59.7 Å². The molecular formula is C18H22FN3O2. The molecule has 0 saturated heterocycles. The van der Waals surface area contributed by atoms with Gasteiger partial charge < -0.3 is 15.0 Å². The van der Waals surface area contributed by atoms with Crippen LogP contribution in [0.15, 0.2) is 42.6 Å². The molecule has 0 saturated carbocycles. The number of carbonyl (C=O) groups excluding carboxylic acids is 1. The summed E-state index contributed by atoms with van der Waals surface area (Å²) < 4.78 is 18.7. The van der Waals surface area contributed by atoms with Crippen LogP contribution < -0.4 is 10.1 Å². The molecule has 0 aliphatic carbocycles. The van der Waals surface area contributed by atoms with Crippen molar-refractivity contribution in [2.24, 2.45) is 0 Å². The molecule has 2 unspecified atom stereocenters. The van der Waals surface area contributed by atoms with Crippen LogP contribution in [0.3, 0.4) is 0 Å². The Morgan fingerprint density at radius 2 is 2.04 bits per heavy atom. The molecule has 1 aromatic carbocycles. The van der Waals surface area contributed by atoms with Crippen LogP contribution in [-0.2, 0) is 0 Å². The summed E-state index contributed by atoms with van der Waals surface area (Å²) in [5, 5.41) is 2.86. The van der Waals surface area contributed by atoms with Gasteiger partial charge in [0.1, 0.15) is 0 Å². The first kappa shape index (κ1) is 17.7. The monoisotopic (exact) mass is 331 g/mol.